The molecule has 5 aliphatic rings. The van der Waals surface area contributed by atoms with Crippen LogP contribution in [0.15, 0.2) is 77.2 Å². The number of fused-ring (bicyclic) bond motifs is 7. The van der Waals surface area contributed by atoms with E-state index < -0.39 is 76.8 Å². The Morgan fingerprint density at radius 2 is 1.82 bits per heavy atom. The molecule has 2 aromatic rings. The summed E-state index contributed by atoms with van der Waals surface area (Å²) in [6, 6.07) is 16.4. The van der Waals surface area contributed by atoms with Gasteiger partial charge in [0.25, 0.3) is 0 Å². The van der Waals surface area contributed by atoms with Crippen molar-refractivity contribution in [1.29, 1.82) is 0 Å². The Kier molecular flexibility index (Phi) is 9.45. The van der Waals surface area contributed by atoms with E-state index in [2.05, 4.69) is 38.1 Å². The third-order valence-corrected chi connectivity index (χ3v) is 13.2. The molecule has 49 heavy (non-hydrogen) atoms. The van der Waals surface area contributed by atoms with Crippen molar-refractivity contribution in [1.82, 2.24) is 0 Å². The van der Waals surface area contributed by atoms with Crippen molar-refractivity contribution in [3.05, 3.63) is 89.0 Å². The zero-order valence-corrected chi connectivity index (χ0v) is 28.6. The van der Waals surface area contributed by atoms with E-state index in [4.69, 9.17) is 9.47 Å². The molecule has 2 aromatic carbocycles. The summed E-state index contributed by atoms with van der Waals surface area (Å²) in [6.07, 6.45) is -0.266. The van der Waals surface area contributed by atoms with E-state index in [1.165, 1.54) is 22.6 Å². The first-order chi connectivity index (χ1) is 22.8. The average Bonchev–Trinajstić information content (AvgIpc) is 3.55. The summed E-state index contributed by atoms with van der Waals surface area (Å²) in [5.74, 6) is -1.21. The smallest absolute Gasteiger partial charge is 0.193 e. The molecule has 1 saturated heterocycles. The lowest BCUT2D eigenvalue weighted by Gasteiger charge is -2.63. The molecule has 4 fully saturated rings. The normalized spacial score (nSPS) is 39.0. The largest absolute Gasteiger partial charge is 0.390 e. The van der Waals surface area contributed by atoms with Crippen molar-refractivity contribution in [2.75, 3.05) is 6.61 Å². The summed E-state index contributed by atoms with van der Waals surface area (Å²) in [5.41, 5.74) is -3.44. The van der Waals surface area contributed by atoms with Crippen LogP contribution in [0.3, 0.4) is 0 Å². The SMILES string of the molecule is C.CC(C)Cc1cccc(SCc2ccc([C@@H]3O[C@@H]4C[C@H]5[C@@H]6C[C@H](F)C7=CC(=O)C=C[C@]7(C)[C@@]6(F)[C@@H](O)C[C@]5(C)[C@]4(C(=O)CO)O3)cc2)c1. The first-order valence-corrected chi connectivity index (χ1v) is 18.0. The molecule has 6 nitrogen and oxygen atoms in total. The van der Waals surface area contributed by atoms with Gasteiger partial charge in [0.1, 0.15) is 12.8 Å². The Balaban J connectivity index is 0.00000417. The van der Waals surface area contributed by atoms with E-state index >= 15 is 8.78 Å². The maximum absolute atomic E-state index is 17.6. The van der Waals surface area contributed by atoms with Gasteiger partial charge in [-0.15, -0.1) is 11.8 Å². The zero-order chi connectivity index (χ0) is 34.2. The van der Waals surface area contributed by atoms with Gasteiger partial charge in [-0.3, -0.25) is 9.59 Å². The fourth-order valence-corrected chi connectivity index (χ4v) is 10.8. The third-order valence-electron chi connectivity index (χ3n) is 12.1. The van der Waals surface area contributed by atoms with Gasteiger partial charge in [-0.25, -0.2) is 8.78 Å². The molecule has 1 aliphatic heterocycles. The number of benzene rings is 2. The van der Waals surface area contributed by atoms with E-state index in [1.807, 2.05) is 24.3 Å². The second-order valence-electron chi connectivity index (χ2n) is 15.3. The van der Waals surface area contributed by atoms with Crippen LogP contribution in [0.1, 0.15) is 77.4 Å². The molecule has 3 saturated carbocycles. The Morgan fingerprint density at radius 3 is 2.51 bits per heavy atom. The number of hydrogen-bond donors (Lipinski definition) is 2. The molecular weight excluding hydrogens is 646 g/mol. The molecule has 264 valence electrons. The summed E-state index contributed by atoms with van der Waals surface area (Å²) < 4.78 is 46.5. The van der Waals surface area contributed by atoms with Crippen LogP contribution in [0.25, 0.3) is 0 Å². The molecule has 0 amide bonds. The van der Waals surface area contributed by atoms with Crippen molar-refractivity contribution in [3.63, 3.8) is 0 Å². The van der Waals surface area contributed by atoms with Gasteiger partial charge < -0.3 is 19.7 Å². The summed E-state index contributed by atoms with van der Waals surface area (Å²) in [5, 5.41) is 21.9. The van der Waals surface area contributed by atoms with Gasteiger partial charge in [0, 0.05) is 33.0 Å². The third kappa shape index (κ3) is 5.33. The fraction of sp³-hybridized carbons (Fsp3) is 0.550. The minimum absolute atomic E-state index is 0. The topological polar surface area (TPSA) is 93.1 Å². The lowest BCUT2D eigenvalue weighted by molar-refractivity contribution is -0.235. The van der Waals surface area contributed by atoms with Gasteiger partial charge >= 0.3 is 0 Å². The molecule has 0 bridgehead atoms. The summed E-state index contributed by atoms with van der Waals surface area (Å²) in [6.45, 7) is 6.95. The van der Waals surface area contributed by atoms with Crippen LogP contribution in [0.5, 0.6) is 0 Å². The summed E-state index contributed by atoms with van der Waals surface area (Å²) in [4.78, 5) is 27.1. The molecule has 0 aromatic heterocycles. The standard InChI is InChI=1S/C39H44F2O6S.CH4/c1-22(2)14-24-6-5-7-27(15-24)48-21-23-8-10-25(11-9-23)35-46-34-18-28-29-17-31(40)30-16-26(43)12-13-36(30,3)38(29,41)32(44)19-37(28,4)39(34,47-35)33(45)20-42;/h5-13,15-16,22,28-29,31-32,34-35,42,44H,14,17-21H2,1-4H3;1H4/t28-,29-,31-,32-,34+,35+,36-,37-,38-,39+;/m0./s1. The summed E-state index contributed by atoms with van der Waals surface area (Å²) in [7, 11) is 0. The zero-order valence-electron chi connectivity index (χ0n) is 27.8. The van der Waals surface area contributed by atoms with Crippen LogP contribution in [0, 0.1) is 28.6 Å². The molecule has 0 spiro atoms. The average molecular weight is 695 g/mol. The maximum atomic E-state index is 17.6. The highest BCUT2D eigenvalue weighted by atomic mass is 32.2. The molecule has 10 atom stereocenters. The van der Waals surface area contributed by atoms with Gasteiger partial charge in [-0.1, -0.05) is 70.7 Å². The lowest BCUT2D eigenvalue weighted by atomic mass is 9.44. The number of ketones is 2. The highest BCUT2D eigenvalue weighted by Gasteiger charge is 2.80. The Bertz CT molecular complexity index is 1670. The first-order valence-electron chi connectivity index (χ1n) is 17.0. The monoisotopic (exact) mass is 694 g/mol. The second kappa shape index (κ2) is 12.8. The highest BCUT2D eigenvalue weighted by molar-refractivity contribution is 7.98. The van der Waals surface area contributed by atoms with Gasteiger partial charge in [0.05, 0.1) is 12.2 Å². The number of thioether (sulfide) groups is 1. The van der Waals surface area contributed by atoms with E-state index in [-0.39, 0.29) is 32.3 Å². The number of Topliss-reactive ketones (excluding diaryl/α,β-unsaturated/α-hetero) is 1. The molecule has 1 heterocycles. The van der Waals surface area contributed by atoms with Crippen LogP contribution < -0.4 is 0 Å². The van der Waals surface area contributed by atoms with Gasteiger partial charge in [0.2, 0.25) is 0 Å². The van der Waals surface area contributed by atoms with Crippen molar-refractivity contribution < 1.29 is 38.1 Å². The second-order valence-corrected chi connectivity index (χ2v) is 16.3. The van der Waals surface area contributed by atoms with Crippen LogP contribution >= 0.6 is 11.8 Å². The first kappa shape index (κ1) is 36.1. The number of allylic oxidation sites excluding steroid dienone is 4. The number of ether oxygens (including phenoxy) is 2. The molecular formula is C40H48F2O6S. The predicted molar refractivity (Wildman–Crippen MR) is 185 cm³/mol. The molecule has 4 aliphatic carbocycles. The quantitative estimate of drug-likeness (QED) is 0.277. The van der Waals surface area contributed by atoms with Crippen LogP contribution in [-0.2, 0) is 31.2 Å². The molecule has 7 rings (SSSR count). The van der Waals surface area contributed by atoms with Crippen LogP contribution in [-0.4, -0.2) is 58.0 Å². The predicted octanol–water partition coefficient (Wildman–Crippen LogP) is 7.46. The number of alkyl halides is 2. The van der Waals surface area contributed by atoms with Gasteiger partial charge in [-0.2, -0.15) is 0 Å². The van der Waals surface area contributed by atoms with Crippen molar-refractivity contribution >= 4 is 23.3 Å². The van der Waals surface area contributed by atoms with Crippen molar-refractivity contribution in [3.8, 4) is 0 Å². The van der Waals surface area contributed by atoms with Gasteiger partial charge in [-0.05, 0) is 85.4 Å². The Morgan fingerprint density at radius 1 is 1.08 bits per heavy atom. The van der Waals surface area contributed by atoms with E-state index in [1.54, 1.807) is 25.6 Å². The minimum Gasteiger partial charge on any atom is -0.390 e. The van der Waals surface area contributed by atoms with Crippen LogP contribution in [0.4, 0.5) is 8.78 Å². The maximum Gasteiger partial charge on any atom is 0.193 e. The number of aliphatic hydroxyl groups is 2. The molecule has 0 unspecified atom stereocenters. The fourth-order valence-electron chi connectivity index (χ4n) is 9.89. The lowest BCUT2D eigenvalue weighted by Crippen LogP contribution is -2.70. The van der Waals surface area contributed by atoms with Crippen molar-refractivity contribution in [2.24, 2.45) is 28.6 Å². The number of rotatable bonds is 8. The molecule has 0 radical (unpaired) electrons. The van der Waals surface area contributed by atoms with Crippen molar-refractivity contribution in [2.45, 2.75) is 107 Å². The Hall–Kier alpha value is -2.69. The Labute approximate surface area is 292 Å². The van der Waals surface area contributed by atoms with E-state index in [0.717, 1.165) is 23.8 Å². The summed E-state index contributed by atoms with van der Waals surface area (Å²) >= 11 is 1.76. The van der Waals surface area contributed by atoms with Gasteiger partial charge in [0.15, 0.2) is 29.1 Å². The molecule has 9 heteroatoms. The number of hydrogen-bond acceptors (Lipinski definition) is 7. The van der Waals surface area contributed by atoms with E-state index in [9.17, 15) is 19.8 Å². The number of aliphatic hydroxyl groups excluding tert-OH is 2. The minimum atomic E-state index is -2.28. The number of halogens is 2. The van der Waals surface area contributed by atoms with E-state index in [0.29, 0.717) is 11.5 Å². The molecule has 2 N–H and O–H groups in total. The van der Waals surface area contributed by atoms with Crippen LogP contribution in [0.2, 0.25) is 0 Å². The highest BCUT2D eigenvalue weighted by Crippen LogP contribution is 2.72. The number of carbonyl (C=O) groups is 2. The number of carbonyl (C=O) groups excluding carboxylic acids is 2.